The third kappa shape index (κ3) is 5.37. The molecule has 1 saturated carbocycles. The van der Waals surface area contributed by atoms with Crippen LogP contribution < -0.4 is 20.3 Å². The fourth-order valence-corrected chi connectivity index (χ4v) is 5.78. The molecule has 0 bridgehead atoms. The molecule has 0 saturated heterocycles. The summed E-state index contributed by atoms with van der Waals surface area (Å²) >= 11 is 0. The van der Waals surface area contributed by atoms with Gasteiger partial charge in [-0.05, 0) is 80.8 Å². The van der Waals surface area contributed by atoms with Crippen LogP contribution in [-0.4, -0.2) is 43.8 Å². The number of methoxy groups -OCH3 is 1. The molecular weight excluding hydrogens is 434 g/mol. The van der Waals surface area contributed by atoms with Gasteiger partial charge in [0.25, 0.3) is 0 Å². The van der Waals surface area contributed by atoms with Gasteiger partial charge in [0, 0.05) is 37.6 Å². The van der Waals surface area contributed by atoms with E-state index in [0.29, 0.717) is 6.04 Å². The third-order valence-corrected chi connectivity index (χ3v) is 7.71. The lowest BCUT2D eigenvalue weighted by molar-refractivity contribution is 0.324. The zero-order valence-electron chi connectivity index (χ0n) is 21.4. The van der Waals surface area contributed by atoms with E-state index in [9.17, 15) is 0 Å². The van der Waals surface area contributed by atoms with Crippen molar-refractivity contribution < 1.29 is 4.74 Å². The first kappa shape index (κ1) is 23.9. The molecule has 2 aromatic carbocycles. The molecule has 2 N–H and O–H groups in total. The van der Waals surface area contributed by atoms with E-state index < -0.39 is 0 Å². The molecule has 2 aliphatic rings. The zero-order chi connectivity index (χ0) is 24.2. The largest absolute Gasteiger partial charge is 0.496 e. The number of rotatable bonds is 8. The first-order valence-corrected chi connectivity index (χ1v) is 13.2. The van der Waals surface area contributed by atoms with Gasteiger partial charge >= 0.3 is 0 Å². The van der Waals surface area contributed by atoms with E-state index >= 15 is 0 Å². The molecule has 0 radical (unpaired) electrons. The molecule has 1 heterocycles. The van der Waals surface area contributed by atoms with Gasteiger partial charge in [0.2, 0.25) is 5.95 Å². The Labute approximate surface area is 209 Å². The fourth-order valence-electron chi connectivity index (χ4n) is 5.78. The molecule has 6 nitrogen and oxygen atoms in total. The van der Waals surface area contributed by atoms with Gasteiger partial charge < -0.3 is 20.3 Å². The van der Waals surface area contributed by atoms with Crippen LogP contribution in [0.25, 0.3) is 10.8 Å². The second kappa shape index (κ2) is 10.8. The fraction of sp³-hybridized carbons (Fsp3) is 0.517. The average Bonchev–Trinajstić information content (AvgIpc) is 2.89. The summed E-state index contributed by atoms with van der Waals surface area (Å²) in [5.74, 6) is 3.58. The van der Waals surface area contributed by atoms with Crippen LogP contribution >= 0.6 is 0 Å². The number of anilines is 2. The number of aryl methyl sites for hydroxylation is 1. The second-order valence-corrected chi connectivity index (χ2v) is 10.4. The maximum Gasteiger partial charge on any atom is 0.225 e. The minimum absolute atomic E-state index is 0.466. The monoisotopic (exact) mass is 473 g/mol. The molecule has 186 valence electrons. The van der Waals surface area contributed by atoms with Crippen molar-refractivity contribution in [2.24, 2.45) is 5.92 Å². The van der Waals surface area contributed by atoms with Crippen LogP contribution in [0, 0.1) is 5.92 Å². The van der Waals surface area contributed by atoms with Gasteiger partial charge in [-0.3, -0.25) is 0 Å². The molecule has 1 fully saturated rings. The third-order valence-electron chi connectivity index (χ3n) is 7.71. The number of fused-ring (bicyclic) bond motifs is 2. The number of ether oxygens (including phenoxy) is 1. The number of benzene rings is 2. The summed E-state index contributed by atoms with van der Waals surface area (Å²) in [6.45, 7) is 1.95. The van der Waals surface area contributed by atoms with Crippen LogP contribution in [0.4, 0.5) is 11.8 Å². The van der Waals surface area contributed by atoms with Gasteiger partial charge in [-0.2, -0.15) is 4.98 Å². The van der Waals surface area contributed by atoms with Gasteiger partial charge in [-0.1, -0.05) is 30.3 Å². The molecule has 1 aromatic heterocycles. The SMILES string of the molecule is COc1ccc(CNCC2CCC(Nc3nc4c(c(N(C)C)n3)CCCC4)CC2)c2ccccc12. The molecule has 3 aromatic rings. The minimum Gasteiger partial charge on any atom is -0.496 e. The minimum atomic E-state index is 0.466. The van der Waals surface area contributed by atoms with Crippen molar-refractivity contribution in [3.8, 4) is 5.75 Å². The van der Waals surface area contributed by atoms with Crippen LogP contribution in [0.5, 0.6) is 5.75 Å². The van der Waals surface area contributed by atoms with Gasteiger partial charge in [-0.15, -0.1) is 0 Å². The van der Waals surface area contributed by atoms with Crippen molar-refractivity contribution in [1.82, 2.24) is 15.3 Å². The van der Waals surface area contributed by atoms with Crippen molar-refractivity contribution >= 4 is 22.5 Å². The first-order chi connectivity index (χ1) is 17.1. The highest BCUT2D eigenvalue weighted by atomic mass is 16.5. The van der Waals surface area contributed by atoms with Crippen LogP contribution in [0.15, 0.2) is 36.4 Å². The highest BCUT2D eigenvalue weighted by molar-refractivity contribution is 5.91. The summed E-state index contributed by atoms with van der Waals surface area (Å²) in [6.07, 6.45) is 9.49. The van der Waals surface area contributed by atoms with Crippen molar-refractivity contribution in [2.75, 3.05) is 38.0 Å². The lowest BCUT2D eigenvalue weighted by Crippen LogP contribution is -2.32. The van der Waals surface area contributed by atoms with Crippen LogP contribution in [0.2, 0.25) is 0 Å². The van der Waals surface area contributed by atoms with Crippen molar-refractivity contribution in [3.05, 3.63) is 53.2 Å². The quantitative estimate of drug-likeness (QED) is 0.460. The standard InChI is InChI=1S/C29H39N5O/c1-34(2)28-25-10-6-7-11-26(25)32-29(33-28)31-22-15-12-20(13-16-22)18-30-19-21-14-17-27(35-3)24-9-5-4-8-23(21)24/h4-5,8-9,14,17,20,22,30H,6-7,10-13,15-16,18-19H2,1-3H3,(H,31,32,33). The Hall–Kier alpha value is -2.86. The number of hydrogen-bond acceptors (Lipinski definition) is 6. The van der Waals surface area contributed by atoms with E-state index in [1.807, 2.05) is 0 Å². The highest BCUT2D eigenvalue weighted by Crippen LogP contribution is 2.31. The van der Waals surface area contributed by atoms with E-state index in [1.165, 1.54) is 66.1 Å². The summed E-state index contributed by atoms with van der Waals surface area (Å²) in [5.41, 5.74) is 3.94. The molecular formula is C29H39N5O. The molecule has 0 atom stereocenters. The number of hydrogen-bond donors (Lipinski definition) is 2. The Morgan fingerprint density at radius 2 is 1.71 bits per heavy atom. The molecule has 2 aliphatic carbocycles. The normalized spacial score (nSPS) is 19.9. The Balaban J connectivity index is 1.14. The molecule has 6 heteroatoms. The maximum absolute atomic E-state index is 5.54. The lowest BCUT2D eigenvalue weighted by Gasteiger charge is -2.30. The maximum atomic E-state index is 5.54. The number of aromatic nitrogens is 2. The van der Waals surface area contributed by atoms with Crippen LogP contribution in [0.1, 0.15) is 55.3 Å². The van der Waals surface area contributed by atoms with E-state index in [-0.39, 0.29) is 0 Å². The molecule has 35 heavy (non-hydrogen) atoms. The smallest absolute Gasteiger partial charge is 0.225 e. The topological polar surface area (TPSA) is 62.3 Å². The van der Waals surface area contributed by atoms with Crippen LogP contribution in [-0.2, 0) is 19.4 Å². The summed E-state index contributed by atoms with van der Waals surface area (Å²) < 4.78 is 5.54. The van der Waals surface area contributed by atoms with E-state index in [1.54, 1.807) is 7.11 Å². The summed E-state index contributed by atoms with van der Waals surface area (Å²) in [5, 5.41) is 9.86. The predicted octanol–water partition coefficient (Wildman–Crippen LogP) is 5.34. The second-order valence-electron chi connectivity index (χ2n) is 10.4. The average molecular weight is 474 g/mol. The summed E-state index contributed by atoms with van der Waals surface area (Å²) in [4.78, 5) is 12.0. The Morgan fingerprint density at radius 1 is 0.943 bits per heavy atom. The van der Waals surface area contributed by atoms with Gasteiger partial charge in [0.1, 0.15) is 11.6 Å². The lowest BCUT2D eigenvalue weighted by atomic mass is 9.86. The molecule has 0 unspecified atom stereocenters. The Kier molecular flexibility index (Phi) is 7.37. The highest BCUT2D eigenvalue weighted by Gasteiger charge is 2.24. The van der Waals surface area contributed by atoms with Gasteiger partial charge in [-0.25, -0.2) is 4.98 Å². The van der Waals surface area contributed by atoms with Gasteiger partial charge in [0.05, 0.1) is 12.8 Å². The summed E-state index contributed by atoms with van der Waals surface area (Å²) in [7, 11) is 5.92. The zero-order valence-corrected chi connectivity index (χ0v) is 21.4. The Morgan fingerprint density at radius 3 is 2.49 bits per heavy atom. The Bertz CT molecular complexity index is 1150. The van der Waals surface area contributed by atoms with E-state index in [2.05, 4.69) is 66.0 Å². The van der Waals surface area contributed by atoms with Crippen LogP contribution in [0.3, 0.4) is 0 Å². The molecule has 5 rings (SSSR count). The van der Waals surface area contributed by atoms with E-state index in [4.69, 9.17) is 14.7 Å². The summed E-state index contributed by atoms with van der Waals surface area (Å²) in [6, 6.07) is 13.2. The predicted molar refractivity (Wildman–Crippen MR) is 145 cm³/mol. The first-order valence-electron chi connectivity index (χ1n) is 13.2. The molecule has 0 amide bonds. The van der Waals surface area contributed by atoms with Crippen molar-refractivity contribution in [1.29, 1.82) is 0 Å². The van der Waals surface area contributed by atoms with Gasteiger partial charge in [0.15, 0.2) is 0 Å². The molecule has 0 aliphatic heterocycles. The van der Waals surface area contributed by atoms with Crippen molar-refractivity contribution in [3.63, 3.8) is 0 Å². The van der Waals surface area contributed by atoms with Crippen molar-refractivity contribution in [2.45, 2.75) is 64.0 Å². The number of nitrogens with zero attached hydrogens (tertiary/aromatic N) is 3. The van der Waals surface area contributed by atoms with E-state index in [0.717, 1.165) is 49.4 Å². The molecule has 0 spiro atoms. The number of nitrogens with one attached hydrogen (secondary N) is 2.